The normalized spacial score (nSPS) is 11.0. The number of nitro groups is 2. The second-order valence-electron chi connectivity index (χ2n) is 4.95. The second kappa shape index (κ2) is 8.10. The minimum absolute atomic E-state index is 0.239. The predicted octanol–water partition coefficient (Wildman–Crippen LogP) is 2.64. The van der Waals surface area contributed by atoms with E-state index in [0.717, 1.165) is 12.1 Å². The van der Waals surface area contributed by atoms with Gasteiger partial charge in [0.05, 0.1) is 34.1 Å². The number of ether oxygens (including phenoxy) is 1. The van der Waals surface area contributed by atoms with Crippen LogP contribution in [0, 0.1) is 20.2 Å². The summed E-state index contributed by atoms with van der Waals surface area (Å²) in [7, 11) is 1.38. The summed E-state index contributed by atoms with van der Waals surface area (Å²) in [4.78, 5) is 36.7. The molecule has 11 nitrogen and oxygen atoms in total. The van der Waals surface area contributed by atoms with Gasteiger partial charge >= 0.3 is 5.97 Å². The van der Waals surface area contributed by atoms with Gasteiger partial charge in [0.2, 0.25) is 0 Å². The number of oxime groups is 1. The standard InChI is InChI=1S/C15H11ClN4O7/c1-26-13-3-2-9(16)6-12(13)14(17)18-27-15(21)8-4-10(19(22)23)7-11(5-8)20(24)25/h2-7H,1H3,(H2,17,18). The van der Waals surface area contributed by atoms with Crippen molar-refractivity contribution in [3.05, 3.63) is 72.8 Å². The third-order valence-corrected chi connectivity index (χ3v) is 3.46. The Morgan fingerprint density at radius 3 is 2.22 bits per heavy atom. The Kier molecular flexibility index (Phi) is 5.88. The number of nitro benzene ring substituents is 2. The van der Waals surface area contributed by atoms with E-state index in [2.05, 4.69) is 9.99 Å². The highest BCUT2D eigenvalue weighted by atomic mass is 35.5. The van der Waals surface area contributed by atoms with Gasteiger partial charge in [-0.15, -0.1) is 0 Å². The zero-order valence-electron chi connectivity index (χ0n) is 13.6. The molecule has 140 valence electrons. The highest BCUT2D eigenvalue weighted by molar-refractivity contribution is 6.31. The van der Waals surface area contributed by atoms with Gasteiger partial charge < -0.3 is 15.3 Å². The molecule has 0 aliphatic rings. The van der Waals surface area contributed by atoms with Crippen LogP contribution in [0.5, 0.6) is 5.75 Å². The van der Waals surface area contributed by atoms with Gasteiger partial charge in [-0.25, -0.2) is 4.79 Å². The fraction of sp³-hybridized carbons (Fsp3) is 0.0667. The van der Waals surface area contributed by atoms with Crippen LogP contribution >= 0.6 is 11.6 Å². The molecule has 0 amide bonds. The Bertz CT molecular complexity index is 929. The maximum Gasteiger partial charge on any atom is 0.366 e. The molecule has 0 fully saturated rings. The van der Waals surface area contributed by atoms with E-state index in [0.29, 0.717) is 16.8 Å². The summed E-state index contributed by atoms with van der Waals surface area (Å²) in [6.07, 6.45) is 0. The SMILES string of the molecule is COc1ccc(Cl)cc1/C(N)=N/OC(=O)c1cc([N+](=O)[O-])cc([N+](=O)[O-])c1. The summed E-state index contributed by atoms with van der Waals surface area (Å²) in [5.74, 6) is -1.13. The molecule has 2 aromatic rings. The number of hydrogen-bond donors (Lipinski definition) is 1. The molecule has 2 aromatic carbocycles. The first-order chi connectivity index (χ1) is 12.7. The number of halogens is 1. The predicted molar refractivity (Wildman–Crippen MR) is 93.9 cm³/mol. The Hall–Kier alpha value is -3.73. The van der Waals surface area contributed by atoms with Crippen molar-refractivity contribution in [1.82, 2.24) is 0 Å². The zero-order valence-corrected chi connectivity index (χ0v) is 14.4. The van der Waals surface area contributed by atoms with Crippen molar-refractivity contribution >= 4 is 34.8 Å². The van der Waals surface area contributed by atoms with Crippen LogP contribution in [0.3, 0.4) is 0 Å². The zero-order chi connectivity index (χ0) is 20.1. The van der Waals surface area contributed by atoms with Gasteiger partial charge in [-0.2, -0.15) is 0 Å². The molecular weight excluding hydrogens is 384 g/mol. The molecule has 0 saturated heterocycles. The highest BCUT2D eigenvalue weighted by Gasteiger charge is 2.21. The Morgan fingerprint density at radius 1 is 1.11 bits per heavy atom. The van der Waals surface area contributed by atoms with E-state index in [4.69, 9.17) is 22.1 Å². The van der Waals surface area contributed by atoms with E-state index in [9.17, 15) is 25.0 Å². The lowest BCUT2D eigenvalue weighted by molar-refractivity contribution is -0.394. The summed E-state index contributed by atoms with van der Waals surface area (Å²) >= 11 is 5.87. The number of amidine groups is 1. The molecule has 0 saturated carbocycles. The van der Waals surface area contributed by atoms with Crippen molar-refractivity contribution in [2.75, 3.05) is 7.11 Å². The monoisotopic (exact) mass is 394 g/mol. The Morgan fingerprint density at radius 2 is 1.70 bits per heavy atom. The van der Waals surface area contributed by atoms with Crippen molar-refractivity contribution in [1.29, 1.82) is 0 Å². The number of benzene rings is 2. The molecule has 2 N–H and O–H groups in total. The lowest BCUT2D eigenvalue weighted by Gasteiger charge is -2.07. The summed E-state index contributed by atoms with van der Waals surface area (Å²) < 4.78 is 5.09. The van der Waals surface area contributed by atoms with Crippen LogP contribution in [0.2, 0.25) is 5.02 Å². The topological polar surface area (TPSA) is 160 Å². The molecule has 2 rings (SSSR count). The van der Waals surface area contributed by atoms with Gasteiger partial charge in [0, 0.05) is 17.2 Å². The molecule has 0 aliphatic carbocycles. The van der Waals surface area contributed by atoms with Gasteiger partial charge in [0.25, 0.3) is 11.4 Å². The van der Waals surface area contributed by atoms with Crippen LogP contribution in [0.1, 0.15) is 15.9 Å². The van der Waals surface area contributed by atoms with Gasteiger partial charge in [-0.3, -0.25) is 20.2 Å². The molecule has 0 aromatic heterocycles. The highest BCUT2D eigenvalue weighted by Crippen LogP contribution is 2.24. The molecule has 12 heteroatoms. The van der Waals surface area contributed by atoms with Crippen molar-refractivity contribution in [2.24, 2.45) is 10.9 Å². The van der Waals surface area contributed by atoms with E-state index < -0.39 is 32.8 Å². The van der Waals surface area contributed by atoms with E-state index in [1.165, 1.54) is 19.2 Å². The molecular formula is C15H11ClN4O7. The lowest BCUT2D eigenvalue weighted by atomic mass is 10.2. The van der Waals surface area contributed by atoms with Gasteiger partial charge in [-0.1, -0.05) is 16.8 Å². The average Bonchev–Trinajstić information content (AvgIpc) is 2.65. The Balaban J connectivity index is 2.32. The largest absolute Gasteiger partial charge is 0.496 e. The van der Waals surface area contributed by atoms with Gasteiger partial charge in [0.1, 0.15) is 5.75 Å². The summed E-state index contributed by atoms with van der Waals surface area (Å²) in [5, 5.41) is 25.5. The third kappa shape index (κ3) is 4.67. The van der Waals surface area contributed by atoms with Crippen LogP contribution in [0.4, 0.5) is 11.4 Å². The number of carbonyl (C=O) groups excluding carboxylic acids is 1. The van der Waals surface area contributed by atoms with Crippen molar-refractivity contribution in [3.63, 3.8) is 0 Å². The number of hydrogen-bond acceptors (Lipinski definition) is 8. The molecule has 0 radical (unpaired) electrons. The summed E-state index contributed by atoms with van der Waals surface area (Å²) in [6.45, 7) is 0. The van der Waals surface area contributed by atoms with Crippen molar-refractivity contribution in [2.45, 2.75) is 0 Å². The molecule has 0 atom stereocenters. The van der Waals surface area contributed by atoms with Crippen LogP contribution in [-0.2, 0) is 4.84 Å². The minimum atomic E-state index is -1.18. The summed E-state index contributed by atoms with van der Waals surface area (Å²) in [5.41, 5.74) is 4.24. The number of non-ortho nitro benzene ring substituents is 2. The molecule has 0 heterocycles. The van der Waals surface area contributed by atoms with Crippen molar-refractivity contribution < 1.29 is 24.2 Å². The minimum Gasteiger partial charge on any atom is -0.496 e. The van der Waals surface area contributed by atoms with Gasteiger partial charge in [0.15, 0.2) is 5.84 Å². The number of methoxy groups -OCH3 is 1. The second-order valence-corrected chi connectivity index (χ2v) is 5.39. The number of rotatable bonds is 6. The quantitative estimate of drug-likeness (QED) is 0.257. The van der Waals surface area contributed by atoms with Crippen LogP contribution in [0.15, 0.2) is 41.6 Å². The maximum atomic E-state index is 12.1. The van der Waals surface area contributed by atoms with Crippen LogP contribution < -0.4 is 10.5 Å². The molecule has 0 bridgehead atoms. The average molecular weight is 395 g/mol. The number of nitrogens with two attached hydrogens (primary N) is 1. The van der Waals surface area contributed by atoms with E-state index in [1.807, 2.05) is 0 Å². The maximum absolute atomic E-state index is 12.1. The lowest BCUT2D eigenvalue weighted by Crippen LogP contribution is -2.16. The van der Waals surface area contributed by atoms with E-state index in [1.54, 1.807) is 6.07 Å². The summed E-state index contributed by atoms with van der Waals surface area (Å²) in [6, 6.07) is 6.84. The molecule has 0 unspecified atom stereocenters. The van der Waals surface area contributed by atoms with Crippen LogP contribution in [0.25, 0.3) is 0 Å². The number of carbonyl (C=O) groups is 1. The first-order valence-corrected chi connectivity index (χ1v) is 7.43. The fourth-order valence-electron chi connectivity index (χ4n) is 2.00. The molecule has 0 spiro atoms. The molecule has 0 aliphatic heterocycles. The van der Waals surface area contributed by atoms with E-state index in [-0.39, 0.29) is 11.4 Å². The van der Waals surface area contributed by atoms with Gasteiger partial charge in [-0.05, 0) is 18.2 Å². The van der Waals surface area contributed by atoms with E-state index >= 15 is 0 Å². The number of nitrogens with zero attached hydrogens (tertiary/aromatic N) is 3. The Labute approximate surface area is 156 Å². The van der Waals surface area contributed by atoms with Crippen molar-refractivity contribution in [3.8, 4) is 5.75 Å². The molecule has 27 heavy (non-hydrogen) atoms. The first kappa shape index (κ1) is 19.6. The van der Waals surface area contributed by atoms with Crippen LogP contribution in [-0.4, -0.2) is 28.8 Å². The smallest absolute Gasteiger partial charge is 0.366 e. The third-order valence-electron chi connectivity index (χ3n) is 3.22. The first-order valence-electron chi connectivity index (χ1n) is 7.05. The fourth-order valence-corrected chi connectivity index (χ4v) is 2.17.